The van der Waals surface area contributed by atoms with E-state index in [9.17, 15) is 9.18 Å². The molecule has 0 heterocycles. The molecular formula is C14H20FNO. The average molecular weight is 237 g/mol. The molecule has 94 valence electrons. The van der Waals surface area contributed by atoms with Crippen LogP contribution in [0.4, 0.5) is 4.39 Å². The lowest BCUT2D eigenvalue weighted by molar-refractivity contribution is 0.0967. The number of nitrogens with zero attached hydrogens (tertiary/aromatic N) is 1. The van der Waals surface area contributed by atoms with Crippen LogP contribution in [0.15, 0.2) is 24.3 Å². The Kier molecular flexibility index (Phi) is 5.29. The van der Waals surface area contributed by atoms with Crippen molar-refractivity contribution in [3.8, 4) is 0 Å². The number of ketones is 1. The van der Waals surface area contributed by atoms with Crippen molar-refractivity contribution in [2.45, 2.75) is 20.3 Å². The van der Waals surface area contributed by atoms with E-state index in [1.807, 2.05) is 7.05 Å². The van der Waals surface area contributed by atoms with E-state index in [2.05, 4.69) is 18.7 Å². The number of rotatable bonds is 6. The van der Waals surface area contributed by atoms with E-state index < -0.39 is 0 Å². The predicted octanol–water partition coefficient (Wildman–Crippen LogP) is 2.99. The van der Waals surface area contributed by atoms with Gasteiger partial charge in [-0.05, 0) is 37.2 Å². The monoisotopic (exact) mass is 237 g/mol. The molecular weight excluding hydrogens is 217 g/mol. The van der Waals surface area contributed by atoms with Crippen LogP contribution in [-0.2, 0) is 0 Å². The molecule has 0 aromatic heterocycles. The van der Waals surface area contributed by atoms with E-state index >= 15 is 0 Å². The van der Waals surface area contributed by atoms with Gasteiger partial charge in [0, 0.05) is 25.1 Å². The van der Waals surface area contributed by atoms with Crippen molar-refractivity contribution in [3.05, 3.63) is 35.6 Å². The predicted molar refractivity (Wildman–Crippen MR) is 67.7 cm³/mol. The molecule has 0 aliphatic rings. The van der Waals surface area contributed by atoms with Gasteiger partial charge < -0.3 is 4.90 Å². The van der Waals surface area contributed by atoms with Gasteiger partial charge >= 0.3 is 0 Å². The number of benzene rings is 1. The highest BCUT2D eigenvalue weighted by Gasteiger charge is 2.08. The molecule has 2 nitrogen and oxygen atoms in total. The molecule has 0 fully saturated rings. The molecule has 0 radical (unpaired) electrons. The van der Waals surface area contributed by atoms with Gasteiger partial charge in [-0.15, -0.1) is 0 Å². The van der Waals surface area contributed by atoms with E-state index in [4.69, 9.17) is 0 Å². The molecule has 1 aromatic rings. The lowest BCUT2D eigenvalue weighted by Gasteiger charge is -2.18. The molecule has 0 saturated carbocycles. The Labute approximate surface area is 102 Å². The maximum Gasteiger partial charge on any atom is 0.164 e. The summed E-state index contributed by atoms with van der Waals surface area (Å²) in [5.41, 5.74) is 0.587. The Bertz CT molecular complexity index is 359. The SMILES string of the molecule is CC(C)CN(C)CCC(=O)c1ccc(F)cc1. The normalized spacial score (nSPS) is 11.2. The summed E-state index contributed by atoms with van der Waals surface area (Å²) in [5.74, 6) is 0.361. The van der Waals surface area contributed by atoms with Crippen LogP contribution in [0.3, 0.4) is 0 Å². The lowest BCUT2D eigenvalue weighted by Crippen LogP contribution is -2.25. The zero-order chi connectivity index (χ0) is 12.8. The number of carbonyl (C=O) groups excluding carboxylic acids is 1. The van der Waals surface area contributed by atoms with Crippen LogP contribution in [-0.4, -0.2) is 30.8 Å². The van der Waals surface area contributed by atoms with E-state index in [0.717, 1.165) is 13.1 Å². The number of hydrogen-bond acceptors (Lipinski definition) is 2. The fourth-order valence-electron chi connectivity index (χ4n) is 1.79. The molecule has 0 bridgehead atoms. The highest BCUT2D eigenvalue weighted by atomic mass is 19.1. The number of carbonyl (C=O) groups is 1. The zero-order valence-corrected chi connectivity index (χ0v) is 10.7. The van der Waals surface area contributed by atoms with Gasteiger partial charge in [-0.3, -0.25) is 4.79 Å². The third kappa shape index (κ3) is 5.09. The van der Waals surface area contributed by atoms with E-state index in [1.165, 1.54) is 12.1 Å². The van der Waals surface area contributed by atoms with Crippen LogP contribution < -0.4 is 0 Å². The standard InChI is InChI=1S/C14H20FNO/c1-11(2)10-16(3)9-8-14(17)12-4-6-13(15)7-5-12/h4-7,11H,8-10H2,1-3H3. The van der Waals surface area contributed by atoms with Gasteiger partial charge in [0.05, 0.1) is 0 Å². The fourth-order valence-corrected chi connectivity index (χ4v) is 1.79. The smallest absolute Gasteiger partial charge is 0.164 e. The Morgan fingerprint density at radius 3 is 2.41 bits per heavy atom. The Morgan fingerprint density at radius 2 is 1.88 bits per heavy atom. The first kappa shape index (κ1) is 13.8. The summed E-state index contributed by atoms with van der Waals surface area (Å²) in [4.78, 5) is 13.9. The second-order valence-corrected chi connectivity index (χ2v) is 4.84. The van der Waals surface area contributed by atoms with Gasteiger partial charge in [-0.1, -0.05) is 13.8 Å². The van der Waals surface area contributed by atoms with Crippen LogP contribution in [0.25, 0.3) is 0 Å². The molecule has 0 unspecified atom stereocenters. The molecule has 1 rings (SSSR count). The topological polar surface area (TPSA) is 20.3 Å². The first-order chi connectivity index (χ1) is 7.99. The second-order valence-electron chi connectivity index (χ2n) is 4.84. The minimum absolute atomic E-state index is 0.0700. The summed E-state index contributed by atoms with van der Waals surface area (Å²) in [7, 11) is 2.01. The summed E-state index contributed by atoms with van der Waals surface area (Å²) < 4.78 is 12.7. The van der Waals surface area contributed by atoms with E-state index in [0.29, 0.717) is 17.9 Å². The molecule has 1 aromatic carbocycles. The highest BCUT2D eigenvalue weighted by molar-refractivity contribution is 5.96. The summed E-state index contributed by atoms with van der Waals surface area (Å²) in [5, 5.41) is 0. The van der Waals surface area contributed by atoms with Gasteiger partial charge in [0.15, 0.2) is 5.78 Å². The minimum atomic E-state index is -0.307. The van der Waals surface area contributed by atoms with Crippen LogP contribution >= 0.6 is 0 Å². The molecule has 0 amide bonds. The number of hydrogen-bond donors (Lipinski definition) is 0. The fraction of sp³-hybridized carbons (Fsp3) is 0.500. The number of Topliss-reactive ketones (excluding diaryl/α,β-unsaturated/α-hetero) is 1. The lowest BCUT2D eigenvalue weighted by atomic mass is 10.1. The number of halogens is 1. The third-order valence-electron chi connectivity index (χ3n) is 2.56. The Hall–Kier alpha value is -1.22. The van der Waals surface area contributed by atoms with Crippen LogP contribution in [0.2, 0.25) is 0 Å². The van der Waals surface area contributed by atoms with Crippen LogP contribution in [0, 0.1) is 11.7 Å². The van der Waals surface area contributed by atoms with E-state index in [1.54, 1.807) is 12.1 Å². The van der Waals surface area contributed by atoms with Crippen molar-refractivity contribution in [2.75, 3.05) is 20.1 Å². The molecule has 0 aliphatic heterocycles. The third-order valence-corrected chi connectivity index (χ3v) is 2.56. The largest absolute Gasteiger partial charge is 0.306 e. The van der Waals surface area contributed by atoms with Crippen LogP contribution in [0.1, 0.15) is 30.6 Å². The Balaban J connectivity index is 2.42. The molecule has 0 N–H and O–H groups in total. The van der Waals surface area contributed by atoms with Gasteiger partial charge in [0.2, 0.25) is 0 Å². The van der Waals surface area contributed by atoms with Crippen molar-refractivity contribution >= 4 is 5.78 Å². The summed E-state index contributed by atoms with van der Waals surface area (Å²) in [6.45, 7) is 6.03. The van der Waals surface area contributed by atoms with E-state index in [-0.39, 0.29) is 11.6 Å². The van der Waals surface area contributed by atoms with Crippen molar-refractivity contribution < 1.29 is 9.18 Å². The van der Waals surface area contributed by atoms with Crippen molar-refractivity contribution in [3.63, 3.8) is 0 Å². The van der Waals surface area contributed by atoms with Crippen molar-refractivity contribution in [1.82, 2.24) is 4.90 Å². The van der Waals surface area contributed by atoms with Crippen molar-refractivity contribution in [2.24, 2.45) is 5.92 Å². The van der Waals surface area contributed by atoms with Gasteiger partial charge in [-0.2, -0.15) is 0 Å². The second kappa shape index (κ2) is 6.50. The average Bonchev–Trinajstić information content (AvgIpc) is 2.26. The maximum absolute atomic E-state index is 12.7. The Morgan fingerprint density at radius 1 is 1.29 bits per heavy atom. The van der Waals surface area contributed by atoms with Crippen molar-refractivity contribution in [1.29, 1.82) is 0 Å². The van der Waals surface area contributed by atoms with Gasteiger partial charge in [0.1, 0.15) is 5.82 Å². The first-order valence-corrected chi connectivity index (χ1v) is 5.96. The molecule has 0 saturated heterocycles. The highest BCUT2D eigenvalue weighted by Crippen LogP contribution is 2.06. The van der Waals surface area contributed by atoms with Gasteiger partial charge in [-0.25, -0.2) is 4.39 Å². The molecule has 0 aliphatic carbocycles. The zero-order valence-electron chi connectivity index (χ0n) is 10.7. The molecule has 17 heavy (non-hydrogen) atoms. The van der Waals surface area contributed by atoms with Gasteiger partial charge in [0.25, 0.3) is 0 Å². The molecule has 0 spiro atoms. The molecule has 0 atom stereocenters. The quantitative estimate of drug-likeness (QED) is 0.709. The summed E-state index contributed by atoms with van der Waals surface area (Å²) in [6.07, 6.45) is 0.481. The maximum atomic E-state index is 12.7. The first-order valence-electron chi connectivity index (χ1n) is 5.96. The van der Waals surface area contributed by atoms with Crippen LogP contribution in [0.5, 0.6) is 0 Å². The minimum Gasteiger partial charge on any atom is -0.306 e. The summed E-state index contributed by atoms with van der Waals surface area (Å²) >= 11 is 0. The summed E-state index contributed by atoms with van der Waals surface area (Å²) in [6, 6.07) is 5.73. The molecule has 3 heteroatoms.